The van der Waals surface area contributed by atoms with Crippen LogP contribution in [0.4, 0.5) is 5.82 Å². The summed E-state index contributed by atoms with van der Waals surface area (Å²) in [6.07, 6.45) is 5.04. The molecule has 6 heteroatoms. The summed E-state index contributed by atoms with van der Waals surface area (Å²) in [4.78, 5) is 2.32. The smallest absolute Gasteiger partial charge is 0.203 e. The Kier molecular flexibility index (Phi) is 5.58. The predicted octanol–water partition coefficient (Wildman–Crippen LogP) is 3.55. The standard InChI is InChI=1S/C19H25N3O3/c1-23-16-12-14(13-17(24-2)19(16)25-3)15-8-9-18(21-20-15)22-10-6-4-5-7-11-22/h8-9,12-13H,4-7,10-11H2,1-3H3. The molecule has 0 amide bonds. The van der Waals surface area contributed by atoms with E-state index in [2.05, 4.69) is 15.1 Å². The largest absolute Gasteiger partial charge is 0.493 e. The normalized spacial score (nSPS) is 14.8. The zero-order valence-corrected chi connectivity index (χ0v) is 15.1. The van der Waals surface area contributed by atoms with Gasteiger partial charge in [0.25, 0.3) is 0 Å². The highest BCUT2D eigenvalue weighted by Crippen LogP contribution is 2.40. The highest BCUT2D eigenvalue weighted by Gasteiger charge is 2.16. The lowest BCUT2D eigenvalue weighted by atomic mass is 10.1. The van der Waals surface area contributed by atoms with Crippen LogP contribution in [0.3, 0.4) is 0 Å². The second-order valence-electron chi connectivity index (χ2n) is 6.09. The number of benzene rings is 1. The lowest BCUT2D eigenvalue weighted by Gasteiger charge is -2.20. The lowest BCUT2D eigenvalue weighted by molar-refractivity contribution is 0.324. The molecular formula is C19H25N3O3. The quantitative estimate of drug-likeness (QED) is 0.827. The molecule has 0 bridgehead atoms. The van der Waals surface area contributed by atoms with Crippen molar-refractivity contribution in [1.82, 2.24) is 10.2 Å². The van der Waals surface area contributed by atoms with E-state index in [0.717, 1.165) is 30.2 Å². The fourth-order valence-corrected chi connectivity index (χ4v) is 3.18. The van der Waals surface area contributed by atoms with E-state index < -0.39 is 0 Å². The average molecular weight is 343 g/mol. The number of rotatable bonds is 5. The van der Waals surface area contributed by atoms with E-state index >= 15 is 0 Å². The molecule has 0 radical (unpaired) electrons. The second-order valence-corrected chi connectivity index (χ2v) is 6.09. The number of hydrogen-bond acceptors (Lipinski definition) is 6. The van der Waals surface area contributed by atoms with Crippen molar-refractivity contribution in [1.29, 1.82) is 0 Å². The van der Waals surface area contributed by atoms with E-state index in [0.29, 0.717) is 17.2 Å². The first kappa shape index (κ1) is 17.3. The van der Waals surface area contributed by atoms with Gasteiger partial charge in [0.05, 0.1) is 27.0 Å². The van der Waals surface area contributed by atoms with Crippen LogP contribution in [-0.2, 0) is 0 Å². The summed E-state index contributed by atoms with van der Waals surface area (Å²) in [5.74, 6) is 2.73. The molecule has 0 unspecified atom stereocenters. The topological polar surface area (TPSA) is 56.7 Å². The molecular weight excluding hydrogens is 318 g/mol. The van der Waals surface area contributed by atoms with E-state index in [4.69, 9.17) is 14.2 Å². The maximum absolute atomic E-state index is 5.41. The van der Waals surface area contributed by atoms with Crippen molar-refractivity contribution in [3.63, 3.8) is 0 Å². The Labute approximate surface area is 148 Å². The summed E-state index contributed by atoms with van der Waals surface area (Å²) in [7, 11) is 4.81. The molecule has 3 rings (SSSR count). The van der Waals surface area contributed by atoms with Crippen LogP contribution in [0.15, 0.2) is 24.3 Å². The first-order chi connectivity index (χ1) is 12.3. The van der Waals surface area contributed by atoms with E-state index in [1.54, 1.807) is 21.3 Å². The van der Waals surface area contributed by atoms with Gasteiger partial charge >= 0.3 is 0 Å². The SMILES string of the molecule is COc1cc(-c2ccc(N3CCCCCC3)nn2)cc(OC)c1OC. The van der Waals surface area contributed by atoms with E-state index in [-0.39, 0.29) is 0 Å². The molecule has 6 nitrogen and oxygen atoms in total. The molecule has 2 aromatic rings. The Balaban J connectivity index is 1.89. The first-order valence-corrected chi connectivity index (χ1v) is 8.66. The minimum Gasteiger partial charge on any atom is -0.493 e. The van der Waals surface area contributed by atoms with Crippen molar-refractivity contribution in [3.8, 4) is 28.5 Å². The fraction of sp³-hybridized carbons (Fsp3) is 0.474. The number of aromatic nitrogens is 2. The summed E-state index contributed by atoms with van der Waals surface area (Å²) in [6, 6.07) is 7.80. The van der Waals surface area contributed by atoms with Gasteiger partial charge in [0.2, 0.25) is 5.75 Å². The number of methoxy groups -OCH3 is 3. The van der Waals surface area contributed by atoms with Crippen molar-refractivity contribution in [2.45, 2.75) is 25.7 Å². The maximum atomic E-state index is 5.41. The molecule has 1 saturated heterocycles. The van der Waals surface area contributed by atoms with Gasteiger partial charge < -0.3 is 19.1 Å². The summed E-state index contributed by atoms with van der Waals surface area (Å²) >= 11 is 0. The Morgan fingerprint density at radius 1 is 0.800 bits per heavy atom. The number of anilines is 1. The first-order valence-electron chi connectivity index (χ1n) is 8.66. The number of nitrogens with zero attached hydrogens (tertiary/aromatic N) is 3. The van der Waals surface area contributed by atoms with Crippen molar-refractivity contribution in [2.24, 2.45) is 0 Å². The molecule has 1 aliphatic heterocycles. The van der Waals surface area contributed by atoms with Crippen LogP contribution in [0.1, 0.15) is 25.7 Å². The number of hydrogen-bond donors (Lipinski definition) is 0. The average Bonchev–Trinajstić information content (AvgIpc) is 2.96. The summed E-state index contributed by atoms with van der Waals surface area (Å²) < 4.78 is 16.2. The molecule has 2 heterocycles. The molecule has 1 aliphatic rings. The van der Waals surface area contributed by atoms with Gasteiger partial charge in [-0.15, -0.1) is 10.2 Å². The maximum Gasteiger partial charge on any atom is 0.203 e. The van der Waals surface area contributed by atoms with Crippen molar-refractivity contribution >= 4 is 5.82 Å². The fourth-order valence-electron chi connectivity index (χ4n) is 3.18. The van der Waals surface area contributed by atoms with Gasteiger partial charge in [0, 0.05) is 18.7 Å². The van der Waals surface area contributed by atoms with Crippen molar-refractivity contribution in [2.75, 3.05) is 39.3 Å². The minimum absolute atomic E-state index is 0.572. The Morgan fingerprint density at radius 3 is 1.92 bits per heavy atom. The summed E-state index contributed by atoms with van der Waals surface area (Å²) in [5, 5.41) is 8.85. The van der Waals surface area contributed by atoms with E-state index in [1.807, 2.05) is 24.3 Å². The van der Waals surface area contributed by atoms with E-state index in [9.17, 15) is 0 Å². The zero-order valence-electron chi connectivity index (χ0n) is 15.1. The highest BCUT2D eigenvalue weighted by atomic mass is 16.5. The van der Waals surface area contributed by atoms with Crippen LogP contribution in [0, 0.1) is 0 Å². The highest BCUT2D eigenvalue weighted by molar-refractivity contribution is 5.68. The molecule has 0 spiro atoms. The van der Waals surface area contributed by atoms with Gasteiger partial charge in [-0.1, -0.05) is 12.8 Å². The van der Waals surface area contributed by atoms with Crippen LogP contribution in [-0.4, -0.2) is 44.6 Å². The second kappa shape index (κ2) is 8.05. The van der Waals surface area contributed by atoms with Crippen LogP contribution < -0.4 is 19.1 Å². The van der Waals surface area contributed by atoms with Crippen LogP contribution >= 0.6 is 0 Å². The molecule has 0 aliphatic carbocycles. The molecule has 0 saturated carbocycles. The molecule has 0 atom stereocenters. The van der Waals surface area contributed by atoms with Gasteiger partial charge in [0.1, 0.15) is 0 Å². The third-order valence-electron chi connectivity index (χ3n) is 4.54. The Bertz CT molecular complexity index is 671. The Hall–Kier alpha value is -2.50. The van der Waals surface area contributed by atoms with Gasteiger partial charge in [-0.05, 0) is 37.1 Å². The van der Waals surface area contributed by atoms with Crippen molar-refractivity contribution in [3.05, 3.63) is 24.3 Å². The van der Waals surface area contributed by atoms with E-state index in [1.165, 1.54) is 25.7 Å². The zero-order chi connectivity index (χ0) is 17.6. The van der Waals surface area contributed by atoms with Gasteiger partial charge in [-0.3, -0.25) is 0 Å². The minimum atomic E-state index is 0.572. The third-order valence-corrected chi connectivity index (χ3v) is 4.54. The van der Waals surface area contributed by atoms with Crippen molar-refractivity contribution < 1.29 is 14.2 Å². The molecule has 25 heavy (non-hydrogen) atoms. The third kappa shape index (κ3) is 3.78. The Morgan fingerprint density at radius 2 is 1.44 bits per heavy atom. The lowest BCUT2D eigenvalue weighted by Crippen LogP contribution is -2.25. The molecule has 134 valence electrons. The molecule has 0 N–H and O–H groups in total. The summed E-state index contributed by atoms with van der Waals surface area (Å²) in [6.45, 7) is 2.11. The van der Waals surface area contributed by atoms with Gasteiger partial charge in [-0.2, -0.15) is 0 Å². The van der Waals surface area contributed by atoms with Crippen LogP contribution in [0.5, 0.6) is 17.2 Å². The molecule has 1 aromatic heterocycles. The van der Waals surface area contributed by atoms with Gasteiger partial charge in [-0.25, -0.2) is 0 Å². The molecule has 1 fully saturated rings. The monoisotopic (exact) mass is 343 g/mol. The van der Waals surface area contributed by atoms with Crippen LogP contribution in [0.2, 0.25) is 0 Å². The molecule has 1 aromatic carbocycles. The van der Waals surface area contributed by atoms with Gasteiger partial charge in [0.15, 0.2) is 17.3 Å². The van der Waals surface area contributed by atoms with Crippen LogP contribution in [0.25, 0.3) is 11.3 Å². The predicted molar refractivity (Wildman–Crippen MR) is 97.8 cm³/mol. The summed E-state index contributed by atoms with van der Waals surface area (Å²) in [5.41, 5.74) is 1.65. The number of ether oxygens (including phenoxy) is 3.